The Morgan fingerprint density at radius 2 is 1.95 bits per heavy atom. The molecule has 19 heavy (non-hydrogen) atoms. The van der Waals surface area contributed by atoms with Crippen LogP contribution in [-0.2, 0) is 20.6 Å². The Labute approximate surface area is 112 Å². The fourth-order valence-electron chi connectivity index (χ4n) is 1.86. The summed E-state index contributed by atoms with van der Waals surface area (Å²) in [6.45, 7) is -0.554. The van der Waals surface area contributed by atoms with Gasteiger partial charge in [-0.2, -0.15) is 4.98 Å². The molecule has 0 aliphatic rings. The number of fused-ring (bicyclic) bond motifs is 1. The molecular formula is C10H13ClN4O4. The summed E-state index contributed by atoms with van der Waals surface area (Å²) in [5.41, 5.74) is -0.811. The normalized spacial score (nSPS) is 13.1. The number of hydrogen-bond acceptors (Lipinski definition) is 5. The third-order valence-corrected chi connectivity index (χ3v) is 3.19. The molecule has 2 rings (SSSR count). The summed E-state index contributed by atoms with van der Waals surface area (Å²) in [5.74, 6) is 0. The minimum atomic E-state index is -1.07. The van der Waals surface area contributed by atoms with E-state index in [-0.39, 0.29) is 23.0 Å². The Morgan fingerprint density at radius 1 is 1.32 bits per heavy atom. The largest absolute Gasteiger partial charge is 0.394 e. The first kappa shape index (κ1) is 13.8. The Bertz CT molecular complexity index is 745. The van der Waals surface area contributed by atoms with Gasteiger partial charge in [-0.05, 0) is 11.6 Å². The van der Waals surface area contributed by atoms with Gasteiger partial charge in [-0.15, -0.1) is 0 Å². The Hall–Kier alpha value is -1.64. The van der Waals surface area contributed by atoms with Crippen molar-refractivity contribution in [2.45, 2.75) is 12.6 Å². The van der Waals surface area contributed by atoms with E-state index in [2.05, 4.69) is 4.98 Å². The highest BCUT2D eigenvalue weighted by molar-refractivity contribution is 6.29. The van der Waals surface area contributed by atoms with Crippen molar-refractivity contribution in [2.24, 2.45) is 14.1 Å². The SMILES string of the molecule is Cn1c(=O)c2c(nc(Cl)n2CC(O)CO)n(C)c1=O. The van der Waals surface area contributed by atoms with Crippen LogP contribution >= 0.6 is 11.6 Å². The molecule has 2 N–H and O–H groups in total. The highest BCUT2D eigenvalue weighted by Crippen LogP contribution is 2.15. The third kappa shape index (κ3) is 2.07. The maximum Gasteiger partial charge on any atom is 0.332 e. The minimum absolute atomic E-state index is 0.0270. The second-order valence-electron chi connectivity index (χ2n) is 4.21. The molecule has 2 aromatic rings. The zero-order valence-corrected chi connectivity index (χ0v) is 11.1. The number of aliphatic hydroxyl groups is 2. The molecule has 1 unspecified atom stereocenters. The summed E-state index contributed by atoms with van der Waals surface area (Å²) >= 11 is 5.91. The molecule has 0 aliphatic heterocycles. The lowest BCUT2D eigenvalue weighted by atomic mass is 10.3. The average molecular weight is 289 g/mol. The number of aliphatic hydroxyl groups excluding tert-OH is 2. The van der Waals surface area contributed by atoms with Gasteiger partial charge in [-0.1, -0.05) is 0 Å². The quantitative estimate of drug-likeness (QED) is 0.665. The molecule has 1 atom stereocenters. The fourth-order valence-corrected chi connectivity index (χ4v) is 2.09. The minimum Gasteiger partial charge on any atom is -0.394 e. The van der Waals surface area contributed by atoms with Crippen molar-refractivity contribution < 1.29 is 10.2 Å². The maximum absolute atomic E-state index is 12.1. The van der Waals surface area contributed by atoms with Crippen LogP contribution in [0.1, 0.15) is 0 Å². The summed E-state index contributed by atoms with van der Waals surface area (Å²) in [5, 5.41) is 18.3. The van der Waals surface area contributed by atoms with Crippen molar-refractivity contribution in [1.82, 2.24) is 18.7 Å². The van der Waals surface area contributed by atoms with Gasteiger partial charge in [0.15, 0.2) is 11.2 Å². The van der Waals surface area contributed by atoms with E-state index in [0.717, 1.165) is 4.57 Å². The van der Waals surface area contributed by atoms with Crippen molar-refractivity contribution in [3.05, 3.63) is 26.1 Å². The van der Waals surface area contributed by atoms with Crippen LogP contribution in [0.5, 0.6) is 0 Å². The fraction of sp³-hybridized carbons (Fsp3) is 0.500. The third-order valence-electron chi connectivity index (χ3n) is 2.91. The first-order valence-electron chi connectivity index (χ1n) is 5.49. The summed E-state index contributed by atoms with van der Waals surface area (Å²) < 4.78 is 3.41. The first-order chi connectivity index (χ1) is 8.88. The number of nitrogens with zero attached hydrogens (tertiary/aromatic N) is 4. The van der Waals surface area contributed by atoms with Gasteiger partial charge in [0, 0.05) is 14.1 Å². The van der Waals surface area contributed by atoms with Crippen LogP contribution in [-0.4, -0.2) is 41.6 Å². The molecule has 0 spiro atoms. The van der Waals surface area contributed by atoms with Crippen LogP contribution < -0.4 is 11.2 Å². The first-order valence-corrected chi connectivity index (χ1v) is 5.87. The molecule has 0 bridgehead atoms. The van der Waals surface area contributed by atoms with Crippen LogP contribution in [0.2, 0.25) is 5.28 Å². The molecule has 9 heteroatoms. The van der Waals surface area contributed by atoms with E-state index in [1.165, 1.54) is 23.2 Å². The van der Waals surface area contributed by atoms with Gasteiger partial charge in [-0.3, -0.25) is 13.9 Å². The van der Waals surface area contributed by atoms with Crippen molar-refractivity contribution in [3.8, 4) is 0 Å². The molecule has 2 aromatic heterocycles. The van der Waals surface area contributed by atoms with Crippen LogP contribution in [0.25, 0.3) is 11.2 Å². The van der Waals surface area contributed by atoms with E-state index in [4.69, 9.17) is 16.7 Å². The number of hydrogen-bond donors (Lipinski definition) is 2. The van der Waals surface area contributed by atoms with Gasteiger partial charge in [0.05, 0.1) is 19.3 Å². The van der Waals surface area contributed by atoms with Gasteiger partial charge in [0.25, 0.3) is 5.56 Å². The number of halogens is 1. The van der Waals surface area contributed by atoms with Crippen LogP contribution in [0.4, 0.5) is 0 Å². The van der Waals surface area contributed by atoms with E-state index in [1.54, 1.807) is 0 Å². The van der Waals surface area contributed by atoms with Crippen LogP contribution in [0, 0.1) is 0 Å². The maximum atomic E-state index is 12.1. The Morgan fingerprint density at radius 3 is 2.53 bits per heavy atom. The lowest BCUT2D eigenvalue weighted by Crippen LogP contribution is -2.38. The van der Waals surface area contributed by atoms with Gasteiger partial charge in [0.1, 0.15) is 0 Å². The molecule has 0 amide bonds. The topological polar surface area (TPSA) is 102 Å². The molecule has 8 nitrogen and oxygen atoms in total. The van der Waals surface area contributed by atoms with Crippen LogP contribution in [0.3, 0.4) is 0 Å². The second-order valence-corrected chi connectivity index (χ2v) is 4.54. The highest BCUT2D eigenvalue weighted by Gasteiger charge is 2.19. The van der Waals surface area contributed by atoms with E-state index in [9.17, 15) is 14.7 Å². The molecule has 104 valence electrons. The van der Waals surface area contributed by atoms with E-state index in [0.29, 0.717) is 0 Å². The smallest absolute Gasteiger partial charge is 0.332 e. The van der Waals surface area contributed by atoms with E-state index in [1.807, 2.05) is 0 Å². The van der Waals surface area contributed by atoms with E-state index >= 15 is 0 Å². The summed E-state index contributed by atoms with van der Waals surface area (Å²) in [6, 6.07) is 0. The van der Waals surface area contributed by atoms with E-state index < -0.39 is 24.0 Å². The molecule has 0 saturated heterocycles. The zero-order valence-electron chi connectivity index (χ0n) is 10.4. The highest BCUT2D eigenvalue weighted by atomic mass is 35.5. The number of aromatic nitrogens is 4. The molecule has 2 heterocycles. The van der Waals surface area contributed by atoms with Crippen molar-refractivity contribution in [1.29, 1.82) is 0 Å². The predicted molar refractivity (Wildman–Crippen MR) is 68.3 cm³/mol. The van der Waals surface area contributed by atoms with Crippen molar-refractivity contribution in [2.75, 3.05) is 6.61 Å². The van der Waals surface area contributed by atoms with Crippen molar-refractivity contribution in [3.63, 3.8) is 0 Å². The number of aryl methyl sites for hydroxylation is 1. The monoisotopic (exact) mass is 288 g/mol. The predicted octanol–water partition coefficient (Wildman–Crippen LogP) is -1.56. The molecule has 0 aliphatic carbocycles. The standard InChI is InChI=1S/C10H13ClN4O4/c1-13-7-6(8(18)14(2)10(13)19)15(9(11)12-7)3-5(17)4-16/h5,16-17H,3-4H2,1-2H3. The Kier molecular flexibility index (Phi) is 3.48. The lowest BCUT2D eigenvalue weighted by Gasteiger charge is -2.10. The zero-order chi connectivity index (χ0) is 14.3. The Balaban J connectivity index is 2.83. The molecular weight excluding hydrogens is 276 g/mol. The number of rotatable bonds is 3. The van der Waals surface area contributed by atoms with Crippen molar-refractivity contribution >= 4 is 22.8 Å². The molecule has 0 radical (unpaired) electrons. The molecule has 0 aromatic carbocycles. The van der Waals surface area contributed by atoms with Gasteiger partial charge >= 0.3 is 5.69 Å². The van der Waals surface area contributed by atoms with Gasteiger partial charge < -0.3 is 14.8 Å². The molecule has 0 saturated carbocycles. The second kappa shape index (κ2) is 4.80. The van der Waals surface area contributed by atoms with Gasteiger partial charge in [-0.25, -0.2) is 4.79 Å². The van der Waals surface area contributed by atoms with Gasteiger partial charge in [0.2, 0.25) is 5.28 Å². The molecule has 0 fully saturated rings. The summed E-state index contributed by atoms with van der Waals surface area (Å²) in [4.78, 5) is 27.8. The average Bonchev–Trinajstić information content (AvgIpc) is 2.71. The van der Waals surface area contributed by atoms with Crippen LogP contribution in [0.15, 0.2) is 9.59 Å². The summed E-state index contributed by atoms with van der Waals surface area (Å²) in [7, 11) is 2.82. The lowest BCUT2D eigenvalue weighted by molar-refractivity contribution is 0.0821. The number of imidazole rings is 1. The summed E-state index contributed by atoms with van der Waals surface area (Å²) in [6.07, 6.45) is -1.07.